The number of phenolic OH excluding ortho intramolecular Hbond substituents is 2. The molecule has 0 spiro atoms. The Morgan fingerprint density at radius 3 is 2.53 bits per heavy atom. The van der Waals surface area contributed by atoms with Gasteiger partial charge in [-0.1, -0.05) is 25.3 Å². The highest BCUT2D eigenvalue weighted by Crippen LogP contribution is 2.29. The fraction of sp³-hybridized carbons (Fsp3) is 0.571. The van der Waals surface area contributed by atoms with Crippen LogP contribution in [0.5, 0.6) is 11.5 Å². The standard InChI is InChI=1S/C14H21NO2/c1-10(15-11-5-3-2-4-6-11)13-8-7-12(16)9-14(13)17/h7-11,15-17H,2-6H2,1H3. The molecule has 0 heterocycles. The summed E-state index contributed by atoms with van der Waals surface area (Å²) in [6.07, 6.45) is 6.39. The van der Waals surface area contributed by atoms with Gasteiger partial charge >= 0.3 is 0 Å². The minimum Gasteiger partial charge on any atom is -0.508 e. The van der Waals surface area contributed by atoms with Gasteiger partial charge in [0, 0.05) is 23.7 Å². The smallest absolute Gasteiger partial charge is 0.124 e. The van der Waals surface area contributed by atoms with E-state index in [2.05, 4.69) is 12.2 Å². The summed E-state index contributed by atoms with van der Waals surface area (Å²) in [7, 11) is 0. The van der Waals surface area contributed by atoms with Gasteiger partial charge in [-0.3, -0.25) is 0 Å². The van der Waals surface area contributed by atoms with Gasteiger partial charge in [0.1, 0.15) is 11.5 Å². The average molecular weight is 235 g/mol. The van der Waals surface area contributed by atoms with Gasteiger partial charge in [-0.25, -0.2) is 0 Å². The van der Waals surface area contributed by atoms with Crippen molar-refractivity contribution in [3.05, 3.63) is 23.8 Å². The Hall–Kier alpha value is -1.22. The average Bonchev–Trinajstić information content (AvgIpc) is 2.30. The summed E-state index contributed by atoms with van der Waals surface area (Å²) in [6, 6.07) is 5.49. The molecule has 0 bridgehead atoms. The normalized spacial score (nSPS) is 19.1. The van der Waals surface area contributed by atoms with E-state index in [1.807, 2.05) is 0 Å². The van der Waals surface area contributed by atoms with Gasteiger partial charge in [-0.15, -0.1) is 0 Å². The highest BCUT2D eigenvalue weighted by atomic mass is 16.3. The second kappa shape index (κ2) is 5.41. The zero-order chi connectivity index (χ0) is 12.3. The summed E-state index contributed by atoms with van der Waals surface area (Å²) in [6.45, 7) is 2.06. The number of hydrogen-bond donors (Lipinski definition) is 3. The van der Waals surface area contributed by atoms with Crippen molar-refractivity contribution in [3.8, 4) is 11.5 Å². The van der Waals surface area contributed by atoms with Crippen molar-refractivity contribution in [2.45, 2.75) is 51.1 Å². The van der Waals surface area contributed by atoms with Crippen LogP contribution in [0.3, 0.4) is 0 Å². The first kappa shape index (κ1) is 12.2. The van der Waals surface area contributed by atoms with E-state index < -0.39 is 0 Å². The zero-order valence-electron chi connectivity index (χ0n) is 10.3. The van der Waals surface area contributed by atoms with E-state index in [9.17, 15) is 10.2 Å². The summed E-state index contributed by atoms with van der Waals surface area (Å²) in [5, 5.41) is 22.6. The molecule has 94 valence electrons. The summed E-state index contributed by atoms with van der Waals surface area (Å²) < 4.78 is 0. The van der Waals surface area contributed by atoms with E-state index in [0.29, 0.717) is 6.04 Å². The summed E-state index contributed by atoms with van der Waals surface area (Å²) in [5.41, 5.74) is 0.855. The van der Waals surface area contributed by atoms with Crippen molar-refractivity contribution in [3.63, 3.8) is 0 Å². The molecule has 1 aromatic rings. The lowest BCUT2D eigenvalue weighted by Crippen LogP contribution is -2.33. The minimum absolute atomic E-state index is 0.108. The van der Waals surface area contributed by atoms with Crippen molar-refractivity contribution in [1.82, 2.24) is 5.32 Å². The van der Waals surface area contributed by atoms with Gasteiger partial charge in [-0.05, 0) is 25.8 Å². The summed E-state index contributed by atoms with van der Waals surface area (Å²) >= 11 is 0. The van der Waals surface area contributed by atoms with Gasteiger partial charge in [0.25, 0.3) is 0 Å². The van der Waals surface area contributed by atoms with Crippen LogP contribution in [0, 0.1) is 0 Å². The van der Waals surface area contributed by atoms with Crippen LogP contribution < -0.4 is 5.32 Å². The lowest BCUT2D eigenvalue weighted by molar-refractivity contribution is 0.342. The predicted molar refractivity (Wildman–Crippen MR) is 68.2 cm³/mol. The number of rotatable bonds is 3. The molecule has 1 unspecified atom stereocenters. The van der Waals surface area contributed by atoms with E-state index in [1.165, 1.54) is 38.2 Å². The summed E-state index contributed by atoms with van der Waals surface area (Å²) in [5.74, 6) is 0.275. The third-order valence-electron chi connectivity index (χ3n) is 3.57. The number of benzene rings is 1. The topological polar surface area (TPSA) is 52.5 Å². The molecule has 0 amide bonds. The van der Waals surface area contributed by atoms with Crippen LogP contribution in [-0.4, -0.2) is 16.3 Å². The van der Waals surface area contributed by atoms with Gasteiger partial charge < -0.3 is 15.5 Å². The molecule has 3 nitrogen and oxygen atoms in total. The fourth-order valence-electron chi connectivity index (χ4n) is 2.61. The monoisotopic (exact) mass is 235 g/mol. The van der Waals surface area contributed by atoms with Crippen molar-refractivity contribution in [1.29, 1.82) is 0 Å². The van der Waals surface area contributed by atoms with Crippen LogP contribution in [0.4, 0.5) is 0 Å². The molecule has 1 saturated carbocycles. The van der Waals surface area contributed by atoms with Crippen LogP contribution in [0.2, 0.25) is 0 Å². The van der Waals surface area contributed by atoms with Gasteiger partial charge in [0.05, 0.1) is 0 Å². The number of phenols is 2. The van der Waals surface area contributed by atoms with Gasteiger partial charge in [0.15, 0.2) is 0 Å². The Balaban J connectivity index is 2.00. The second-order valence-electron chi connectivity index (χ2n) is 4.97. The van der Waals surface area contributed by atoms with Crippen molar-refractivity contribution < 1.29 is 10.2 Å². The molecule has 1 aromatic carbocycles. The molecule has 1 fully saturated rings. The van der Waals surface area contributed by atoms with Crippen LogP contribution in [0.25, 0.3) is 0 Å². The highest BCUT2D eigenvalue weighted by molar-refractivity contribution is 5.40. The summed E-state index contributed by atoms with van der Waals surface area (Å²) in [4.78, 5) is 0. The number of hydrogen-bond acceptors (Lipinski definition) is 3. The highest BCUT2D eigenvalue weighted by Gasteiger charge is 2.18. The largest absolute Gasteiger partial charge is 0.508 e. The molecule has 0 saturated heterocycles. The third kappa shape index (κ3) is 3.13. The Morgan fingerprint density at radius 2 is 1.88 bits per heavy atom. The van der Waals surface area contributed by atoms with Gasteiger partial charge in [-0.2, -0.15) is 0 Å². The maximum atomic E-state index is 9.79. The number of nitrogens with one attached hydrogen (secondary N) is 1. The maximum Gasteiger partial charge on any atom is 0.124 e. The SMILES string of the molecule is CC(NC1CCCCC1)c1ccc(O)cc1O. The molecule has 0 aliphatic heterocycles. The predicted octanol–water partition coefficient (Wildman–Crippen LogP) is 3.08. The van der Waals surface area contributed by atoms with E-state index >= 15 is 0 Å². The lowest BCUT2D eigenvalue weighted by Gasteiger charge is -2.27. The second-order valence-corrected chi connectivity index (χ2v) is 4.97. The molecular weight excluding hydrogens is 214 g/mol. The fourth-order valence-corrected chi connectivity index (χ4v) is 2.61. The van der Waals surface area contributed by atoms with Crippen molar-refractivity contribution in [2.75, 3.05) is 0 Å². The Bertz CT molecular complexity index is 372. The maximum absolute atomic E-state index is 9.79. The van der Waals surface area contributed by atoms with Crippen LogP contribution >= 0.6 is 0 Å². The third-order valence-corrected chi connectivity index (χ3v) is 3.57. The van der Waals surface area contributed by atoms with E-state index in [0.717, 1.165) is 5.56 Å². The Morgan fingerprint density at radius 1 is 1.18 bits per heavy atom. The van der Waals surface area contributed by atoms with Crippen LogP contribution in [0.15, 0.2) is 18.2 Å². The minimum atomic E-state index is 0.108. The molecule has 0 radical (unpaired) electrons. The quantitative estimate of drug-likeness (QED) is 0.754. The van der Waals surface area contributed by atoms with E-state index in [-0.39, 0.29) is 17.5 Å². The Labute approximate surface area is 102 Å². The molecule has 17 heavy (non-hydrogen) atoms. The first-order valence-electron chi connectivity index (χ1n) is 6.45. The van der Waals surface area contributed by atoms with Gasteiger partial charge in [0.2, 0.25) is 0 Å². The first-order valence-corrected chi connectivity index (χ1v) is 6.45. The molecule has 1 aliphatic rings. The molecular formula is C14H21NO2. The number of aromatic hydroxyl groups is 2. The van der Waals surface area contributed by atoms with E-state index in [1.54, 1.807) is 12.1 Å². The first-order chi connectivity index (χ1) is 8.16. The lowest BCUT2D eigenvalue weighted by atomic mass is 9.94. The van der Waals surface area contributed by atoms with E-state index in [4.69, 9.17) is 0 Å². The van der Waals surface area contributed by atoms with Crippen molar-refractivity contribution in [2.24, 2.45) is 0 Å². The molecule has 1 aliphatic carbocycles. The molecule has 3 N–H and O–H groups in total. The van der Waals surface area contributed by atoms with Crippen molar-refractivity contribution >= 4 is 0 Å². The molecule has 3 heteroatoms. The van der Waals surface area contributed by atoms with Crippen LogP contribution in [-0.2, 0) is 0 Å². The Kier molecular flexibility index (Phi) is 3.89. The van der Waals surface area contributed by atoms with Crippen LogP contribution in [0.1, 0.15) is 50.6 Å². The zero-order valence-corrected chi connectivity index (χ0v) is 10.3. The molecule has 1 atom stereocenters. The molecule has 2 rings (SSSR count). The molecule has 0 aromatic heterocycles.